The number of nitriles is 1. The van der Waals surface area contributed by atoms with Gasteiger partial charge in [0.25, 0.3) is 5.91 Å². The van der Waals surface area contributed by atoms with Gasteiger partial charge in [0.1, 0.15) is 18.4 Å². The topological polar surface area (TPSA) is 84.6 Å². The number of hydrogen-bond acceptors (Lipinski definition) is 4. The number of aliphatic hydroxyl groups is 1. The molecule has 1 saturated heterocycles. The smallest absolute Gasteiger partial charge is 0.394 e. The van der Waals surface area contributed by atoms with Crippen molar-refractivity contribution in [2.24, 2.45) is 0 Å². The highest BCUT2D eigenvalue weighted by atomic mass is 19.4. The third-order valence-corrected chi connectivity index (χ3v) is 4.72. The Hall–Kier alpha value is -3.45. The van der Waals surface area contributed by atoms with Gasteiger partial charge in [0, 0.05) is 6.54 Å². The molecule has 10 heteroatoms. The van der Waals surface area contributed by atoms with E-state index in [1.807, 2.05) is 0 Å². The molecule has 0 aliphatic carbocycles. The van der Waals surface area contributed by atoms with E-state index in [0.29, 0.717) is 5.56 Å². The molecule has 156 valence electrons. The Labute approximate surface area is 168 Å². The van der Waals surface area contributed by atoms with Crippen molar-refractivity contribution >= 4 is 17.5 Å². The lowest BCUT2D eigenvalue weighted by molar-refractivity contribution is -0.145. The fraction of sp³-hybridized carbons (Fsp3) is 0.250. The maximum Gasteiger partial charge on any atom is 0.416 e. The predicted octanol–water partition coefficient (Wildman–Crippen LogP) is 2.45. The first kappa shape index (κ1) is 21.3. The number of carbonyl (C=O) groups excluding carboxylic acids is 2. The van der Waals surface area contributed by atoms with Crippen LogP contribution < -0.4 is 4.90 Å². The van der Waals surface area contributed by atoms with Crippen LogP contribution in [-0.2, 0) is 22.3 Å². The SMILES string of the molecule is N#Cc1ccc(N2CC(=O)N(Cc3ccc(C(F)(F)F)cc3)[C@@H](CO)C2=O)c(F)c1. The number of carbonyl (C=O) groups is 2. The van der Waals surface area contributed by atoms with Crippen LogP contribution in [0.25, 0.3) is 0 Å². The molecule has 1 heterocycles. The summed E-state index contributed by atoms with van der Waals surface area (Å²) in [6.07, 6.45) is -4.51. The van der Waals surface area contributed by atoms with Crippen molar-refractivity contribution in [3.05, 3.63) is 65.0 Å². The van der Waals surface area contributed by atoms with Crippen molar-refractivity contribution in [1.29, 1.82) is 5.26 Å². The normalized spacial score (nSPS) is 17.3. The maximum absolute atomic E-state index is 14.3. The standard InChI is InChI=1S/C20H15F4N3O3/c21-15-7-13(8-25)3-6-16(15)27-10-18(29)26(17(11-28)19(27)30)9-12-1-4-14(5-2-12)20(22,23)24/h1-7,17,28H,9-11H2/t17-/m0/s1. The maximum atomic E-state index is 14.3. The first-order chi connectivity index (χ1) is 14.2. The van der Waals surface area contributed by atoms with Gasteiger partial charge in [-0.15, -0.1) is 0 Å². The average molecular weight is 421 g/mol. The number of piperazine rings is 1. The Balaban J connectivity index is 1.84. The minimum Gasteiger partial charge on any atom is -0.394 e. The van der Waals surface area contributed by atoms with Crippen LogP contribution in [0.4, 0.5) is 23.2 Å². The summed E-state index contributed by atoms with van der Waals surface area (Å²) in [7, 11) is 0. The number of rotatable bonds is 4. The fourth-order valence-electron chi connectivity index (χ4n) is 3.16. The van der Waals surface area contributed by atoms with Crippen LogP contribution in [0.3, 0.4) is 0 Å². The van der Waals surface area contributed by atoms with E-state index in [9.17, 15) is 32.3 Å². The molecule has 0 unspecified atom stereocenters. The summed E-state index contributed by atoms with van der Waals surface area (Å²) in [6.45, 7) is -1.46. The molecule has 0 radical (unpaired) electrons. The molecule has 1 N–H and O–H groups in total. The average Bonchev–Trinajstić information content (AvgIpc) is 2.70. The monoisotopic (exact) mass is 421 g/mol. The second-order valence-electron chi connectivity index (χ2n) is 6.62. The Kier molecular flexibility index (Phi) is 5.75. The second kappa shape index (κ2) is 8.12. The predicted molar refractivity (Wildman–Crippen MR) is 96.3 cm³/mol. The Morgan fingerprint density at radius 1 is 1.13 bits per heavy atom. The van der Waals surface area contributed by atoms with E-state index in [0.717, 1.165) is 28.0 Å². The molecule has 30 heavy (non-hydrogen) atoms. The van der Waals surface area contributed by atoms with E-state index in [4.69, 9.17) is 5.26 Å². The Morgan fingerprint density at radius 3 is 2.33 bits per heavy atom. The lowest BCUT2D eigenvalue weighted by Crippen LogP contribution is -2.61. The lowest BCUT2D eigenvalue weighted by Gasteiger charge is -2.39. The zero-order valence-corrected chi connectivity index (χ0v) is 15.4. The van der Waals surface area contributed by atoms with Gasteiger partial charge < -0.3 is 10.0 Å². The van der Waals surface area contributed by atoms with E-state index >= 15 is 0 Å². The van der Waals surface area contributed by atoms with Crippen molar-refractivity contribution < 1.29 is 32.3 Å². The van der Waals surface area contributed by atoms with Crippen LogP contribution in [0, 0.1) is 17.1 Å². The van der Waals surface area contributed by atoms with Crippen molar-refractivity contribution in [3.8, 4) is 6.07 Å². The van der Waals surface area contributed by atoms with Gasteiger partial charge in [0.05, 0.1) is 29.5 Å². The minimum atomic E-state index is -4.51. The van der Waals surface area contributed by atoms with Gasteiger partial charge in [-0.2, -0.15) is 18.4 Å². The van der Waals surface area contributed by atoms with Gasteiger partial charge >= 0.3 is 6.18 Å². The molecular weight excluding hydrogens is 406 g/mol. The Bertz CT molecular complexity index is 1020. The van der Waals surface area contributed by atoms with Gasteiger partial charge in [0.15, 0.2) is 0 Å². The molecule has 1 aliphatic rings. The zero-order chi connectivity index (χ0) is 22.1. The van der Waals surface area contributed by atoms with Crippen LogP contribution in [0.5, 0.6) is 0 Å². The fourth-order valence-corrected chi connectivity index (χ4v) is 3.16. The third kappa shape index (κ3) is 4.11. The van der Waals surface area contributed by atoms with E-state index < -0.39 is 48.6 Å². The highest BCUT2D eigenvalue weighted by Gasteiger charge is 2.40. The highest BCUT2D eigenvalue weighted by molar-refractivity contribution is 6.06. The molecule has 1 aliphatic heterocycles. The molecule has 2 aromatic rings. The number of anilines is 1. The van der Waals surface area contributed by atoms with Crippen LogP contribution in [-0.4, -0.2) is 41.0 Å². The van der Waals surface area contributed by atoms with Crippen LogP contribution >= 0.6 is 0 Å². The molecule has 6 nitrogen and oxygen atoms in total. The molecule has 0 bridgehead atoms. The number of nitrogens with zero attached hydrogens (tertiary/aromatic N) is 3. The van der Waals surface area contributed by atoms with Gasteiger partial charge in [-0.3, -0.25) is 14.5 Å². The Morgan fingerprint density at radius 2 is 1.80 bits per heavy atom. The quantitative estimate of drug-likeness (QED) is 0.769. The summed E-state index contributed by atoms with van der Waals surface area (Å²) < 4.78 is 52.4. The minimum absolute atomic E-state index is 0.0367. The molecular formula is C20H15F4N3O3. The number of benzene rings is 2. The van der Waals surface area contributed by atoms with Gasteiger partial charge in [-0.25, -0.2) is 4.39 Å². The van der Waals surface area contributed by atoms with Gasteiger partial charge in [-0.05, 0) is 35.9 Å². The molecule has 1 fully saturated rings. The van der Waals surface area contributed by atoms with E-state index in [1.165, 1.54) is 24.3 Å². The van der Waals surface area contributed by atoms with E-state index in [-0.39, 0.29) is 17.8 Å². The van der Waals surface area contributed by atoms with Gasteiger partial charge in [0.2, 0.25) is 5.91 Å². The van der Waals surface area contributed by atoms with Crippen LogP contribution in [0.15, 0.2) is 42.5 Å². The molecule has 2 amide bonds. The molecule has 2 aromatic carbocycles. The van der Waals surface area contributed by atoms with Crippen LogP contribution in [0.1, 0.15) is 16.7 Å². The lowest BCUT2D eigenvalue weighted by atomic mass is 10.1. The van der Waals surface area contributed by atoms with Crippen LogP contribution in [0.2, 0.25) is 0 Å². The largest absolute Gasteiger partial charge is 0.416 e. The zero-order valence-electron chi connectivity index (χ0n) is 15.4. The van der Waals surface area contributed by atoms with Crippen molar-refractivity contribution in [1.82, 2.24) is 4.90 Å². The van der Waals surface area contributed by atoms with Gasteiger partial charge in [-0.1, -0.05) is 12.1 Å². The third-order valence-electron chi connectivity index (χ3n) is 4.72. The van der Waals surface area contributed by atoms with Crippen molar-refractivity contribution in [2.45, 2.75) is 18.8 Å². The second-order valence-corrected chi connectivity index (χ2v) is 6.62. The van der Waals surface area contributed by atoms with Crippen molar-refractivity contribution in [2.75, 3.05) is 18.1 Å². The summed E-state index contributed by atoms with van der Waals surface area (Å²) in [5.41, 5.74) is -0.691. The molecule has 0 aromatic heterocycles. The first-order valence-corrected chi connectivity index (χ1v) is 8.73. The van der Waals surface area contributed by atoms with E-state index in [2.05, 4.69) is 0 Å². The summed E-state index contributed by atoms with van der Waals surface area (Å²) in [4.78, 5) is 27.3. The summed E-state index contributed by atoms with van der Waals surface area (Å²) in [6, 6.07) is 7.92. The number of amides is 2. The summed E-state index contributed by atoms with van der Waals surface area (Å²) in [5.74, 6) is -2.23. The number of aliphatic hydroxyl groups excluding tert-OH is 1. The number of alkyl halides is 3. The highest BCUT2D eigenvalue weighted by Crippen LogP contribution is 2.30. The molecule has 1 atom stereocenters. The molecule has 3 rings (SSSR count). The van der Waals surface area contributed by atoms with Crippen molar-refractivity contribution in [3.63, 3.8) is 0 Å². The summed E-state index contributed by atoms with van der Waals surface area (Å²) >= 11 is 0. The first-order valence-electron chi connectivity index (χ1n) is 8.73. The van der Waals surface area contributed by atoms with E-state index in [1.54, 1.807) is 6.07 Å². The molecule has 0 spiro atoms. The molecule has 0 saturated carbocycles. The number of hydrogen-bond donors (Lipinski definition) is 1. The number of halogens is 4. The summed E-state index contributed by atoms with van der Waals surface area (Å²) in [5, 5.41) is 18.5.